The third kappa shape index (κ3) is 5.84. The number of benzene rings is 2. The molecular weight excluding hydrogens is 374 g/mol. The van der Waals surface area contributed by atoms with Crippen LogP contribution in [-0.2, 0) is 22.5 Å². The van der Waals surface area contributed by atoms with E-state index < -0.39 is 0 Å². The molecule has 2 aromatic carbocycles. The van der Waals surface area contributed by atoms with Crippen molar-refractivity contribution in [1.29, 1.82) is 0 Å². The Morgan fingerprint density at radius 2 is 1.73 bits per heavy atom. The molecule has 4 heteroatoms. The van der Waals surface area contributed by atoms with Crippen molar-refractivity contribution >= 4 is 0 Å². The van der Waals surface area contributed by atoms with Crippen molar-refractivity contribution < 1.29 is 14.2 Å². The fourth-order valence-corrected chi connectivity index (χ4v) is 4.46. The van der Waals surface area contributed by atoms with E-state index in [1.165, 1.54) is 24.0 Å². The minimum absolute atomic E-state index is 0.180. The van der Waals surface area contributed by atoms with Crippen molar-refractivity contribution in [2.24, 2.45) is 0 Å². The van der Waals surface area contributed by atoms with Crippen LogP contribution in [0.4, 0.5) is 0 Å². The molecule has 0 N–H and O–H groups in total. The normalized spacial score (nSPS) is 23.4. The lowest BCUT2D eigenvalue weighted by Gasteiger charge is -2.44. The molecule has 1 atom stereocenters. The van der Waals surface area contributed by atoms with Crippen LogP contribution >= 0.6 is 0 Å². The highest BCUT2D eigenvalue weighted by Crippen LogP contribution is 2.30. The van der Waals surface area contributed by atoms with Crippen molar-refractivity contribution in [1.82, 2.24) is 4.90 Å². The summed E-state index contributed by atoms with van der Waals surface area (Å²) in [6.07, 6.45) is 6.87. The molecule has 0 aliphatic carbocycles. The molecule has 2 aliphatic rings. The maximum Gasteiger partial charge on any atom is 0.119 e. The quantitative estimate of drug-likeness (QED) is 0.599. The van der Waals surface area contributed by atoms with E-state index >= 15 is 0 Å². The predicted molar refractivity (Wildman–Crippen MR) is 120 cm³/mol. The summed E-state index contributed by atoms with van der Waals surface area (Å²) in [5.74, 6) is 0.972. The minimum atomic E-state index is -0.180. The summed E-state index contributed by atoms with van der Waals surface area (Å²) < 4.78 is 18.0. The summed E-state index contributed by atoms with van der Waals surface area (Å²) in [5.41, 5.74) is 2.41. The Hall–Kier alpha value is -1.88. The monoisotopic (exact) mass is 409 g/mol. The summed E-state index contributed by atoms with van der Waals surface area (Å²) in [5, 5.41) is 0. The van der Waals surface area contributed by atoms with E-state index in [1.807, 2.05) is 0 Å². The molecule has 2 saturated heterocycles. The van der Waals surface area contributed by atoms with E-state index in [1.54, 1.807) is 0 Å². The Morgan fingerprint density at radius 3 is 2.50 bits per heavy atom. The van der Waals surface area contributed by atoms with Crippen LogP contribution in [-0.4, -0.2) is 43.0 Å². The van der Waals surface area contributed by atoms with Gasteiger partial charge in [-0.2, -0.15) is 0 Å². The van der Waals surface area contributed by atoms with Gasteiger partial charge in [0.15, 0.2) is 0 Å². The maximum atomic E-state index is 6.46. The van der Waals surface area contributed by atoms with E-state index in [0.29, 0.717) is 12.7 Å². The number of hydrogen-bond donors (Lipinski definition) is 0. The van der Waals surface area contributed by atoms with Crippen LogP contribution in [0.1, 0.15) is 50.2 Å². The molecule has 0 bridgehead atoms. The highest BCUT2D eigenvalue weighted by Gasteiger charge is 2.34. The second kappa shape index (κ2) is 10.4. The van der Waals surface area contributed by atoms with Gasteiger partial charge in [-0.1, -0.05) is 42.5 Å². The van der Waals surface area contributed by atoms with Gasteiger partial charge in [-0.05, 0) is 55.9 Å². The Labute approximate surface area is 181 Å². The summed E-state index contributed by atoms with van der Waals surface area (Å²) in [6, 6.07) is 19.1. The smallest absolute Gasteiger partial charge is 0.119 e. The van der Waals surface area contributed by atoms with Crippen molar-refractivity contribution in [3.63, 3.8) is 0 Å². The summed E-state index contributed by atoms with van der Waals surface area (Å²) in [6.45, 7) is 6.68. The average Bonchev–Trinajstić information content (AvgIpc) is 2.80. The Morgan fingerprint density at radius 1 is 0.967 bits per heavy atom. The molecule has 2 heterocycles. The van der Waals surface area contributed by atoms with Gasteiger partial charge in [0, 0.05) is 25.9 Å². The molecule has 2 aliphatic heterocycles. The average molecular weight is 410 g/mol. The number of hydrogen-bond acceptors (Lipinski definition) is 4. The highest BCUT2D eigenvalue weighted by atomic mass is 16.5. The van der Waals surface area contributed by atoms with Crippen LogP contribution in [0.3, 0.4) is 0 Å². The zero-order valence-corrected chi connectivity index (χ0v) is 18.2. The molecule has 0 saturated carbocycles. The maximum absolute atomic E-state index is 6.46. The number of ether oxygens (including phenoxy) is 3. The molecule has 0 radical (unpaired) electrons. The lowest BCUT2D eigenvalue weighted by molar-refractivity contribution is -0.170. The minimum Gasteiger partial charge on any atom is -0.490 e. The third-order valence-corrected chi connectivity index (χ3v) is 6.45. The van der Waals surface area contributed by atoms with E-state index in [-0.39, 0.29) is 5.72 Å². The highest BCUT2D eigenvalue weighted by molar-refractivity contribution is 5.27. The van der Waals surface area contributed by atoms with Gasteiger partial charge >= 0.3 is 0 Å². The Balaban J connectivity index is 1.29. The SMILES string of the molecule is CC1(OCc2ccccc2)CCCCN1CCc1ccc(OC2CCOCC2)cc1. The first-order valence-corrected chi connectivity index (χ1v) is 11.5. The molecule has 162 valence electrons. The van der Waals surface area contributed by atoms with Crippen LogP contribution in [0.25, 0.3) is 0 Å². The van der Waals surface area contributed by atoms with Gasteiger partial charge in [0.1, 0.15) is 17.6 Å². The van der Waals surface area contributed by atoms with Crippen LogP contribution in [0, 0.1) is 0 Å². The second-order valence-corrected chi connectivity index (χ2v) is 8.72. The van der Waals surface area contributed by atoms with E-state index in [9.17, 15) is 0 Å². The van der Waals surface area contributed by atoms with Crippen molar-refractivity contribution in [2.75, 3.05) is 26.3 Å². The summed E-state index contributed by atoms with van der Waals surface area (Å²) in [4.78, 5) is 2.53. The van der Waals surface area contributed by atoms with Gasteiger partial charge in [0.25, 0.3) is 0 Å². The van der Waals surface area contributed by atoms with E-state index in [0.717, 1.165) is 57.7 Å². The third-order valence-electron chi connectivity index (χ3n) is 6.45. The predicted octanol–water partition coefficient (Wildman–Crippen LogP) is 5.21. The van der Waals surface area contributed by atoms with Crippen molar-refractivity contribution in [3.8, 4) is 5.75 Å². The van der Waals surface area contributed by atoms with Gasteiger partial charge in [-0.25, -0.2) is 0 Å². The molecule has 2 aromatic rings. The molecule has 2 fully saturated rings. The molecule has 4 rings (SSSR count). The molecule has 0 amide bonds. The lowest BCUT2D eigenvalue weighted by atomic mass is 9.98. The largest absolute Gasteiger partial charge is 0.490 e. The number of likely N-dealkylation sites (tertiary alicyclic amines) is 1. The first kappa shape index (κ1) is 21.4. The van der Waals surface area contributed by atoms with Crippen LogP contribution < -0.4 is 4.74 Å². The van der Waals surface area contributed by atoms with Crippen molar-refractivity contribution in [2.45, 2.75) is 63.9 Å². The van der Waals surface area contributed by atoms with Crippen LogP contribution in [0.2, 0.25) is 0 Å². The zero-order valence-electron chi connectivity index (χ0n) is 18.2. The number of rotatable bonds is 8. The first-order valence-electron chi connectivity index (χ1n) is 11.5. The zero-order chi connectivity index (χ0) is 20.7. The molecule has 0 aromatic heterocycles. The fourth-order valence-electron chi connectivity index (χ4n) is 4.46. The van der Waals surface area contributed by atoms with Gasteiger partial charge < -0.3 is 14.2 Å². The van der Waals surface area contributed by atoms with Crippen LogP contribution in [0.5, 0.6) is 5.75 Å². The lowest BCUT2D eigenvalue weighted by Crippen LogP contribution is -2.52. The van der Waals surface area contributed by atoms with Gasteiger partial charge in [0.2, 0.25) is 0 Å². The van der Waals surface area contributed by atoms with Crippen LogP contribution in [0.15, 0.2) is 54.6 Å². The van der Waals surface area contributed by atoms with Gasteiger partial charge in [-0.15, -0.1) is 0 Å². The van der Waals surface area contributed by atoms with E-state index in [4.69, 9.17) is 14.2 Å². The standard InChI is InChI=1S/C26H35NO3/c1-26(29-21-23-7-3-2-4-8-23)16-5-6-17-27(26)18-13-22-9-11-24(12-10-22)30-25-14-19-28-20-15-25/h2-4,7-12,25H,5-6,13-21H2,1H3. The Kier molecular flexibility index (Phi) is 7.42. The number of nitrogens with zero attached hydrogens (tertiary/aromatic N) is 1. The topological polar surface area (TPSA) is 30.9 Å². The first-order chi connectivity index (χ1) is 14.7. The molecule has 4 nitrogen and oxygen atoms in total. The molecular formula is C26H35NO3. The molecule has 0 spiro atoms. The summed E-state index contributed by atoms with van der Waals surface area (Å²) >= 11 is 0. The van der Waals surface area contributed by atoms with Gasteiger partial charge in [0.05, 0.1) is 19.8 Å². The molecule has 1 unspecified atom stereocenters. The van der Waals surface area contributed by atoms with E-state index in [2.05, 4.69) is 66.4 Å². The van der Waals surface area contributed by atoms with Crippen molar-refractivity contribution in [3.05, 3.63) is 65.7 Å². The van der Waals surface area contributed by atoms with Gasteiger partial charge in [-0.3, -0.25) is 4.90 Å². The Bertz CT molecular complexity index is 758. The molecule has 30 heavy (non-hydrogen) atoms. The second-order valence-electron chi connectivity index (χ2n) is 8.72. The fraction of sp³-hybridized carbons (Fsp3) is 0.538. The summed E-state index contributed by atoms with van der Waals surface area (Å²) in [7, 11) is 0. The number of piperidine rings is 1.